The van der Waals surface area contributed by atoms with Gasteiger partial charge in [0.25, 0.3) is 0 Å². The Morgan fingerprint density at radius 1 is 1.79 bits per heavy atom. The molecule has 1 heterocycles. The summed E-state index contributed by atoms with van der Waals surface area (Å²) in [7, 11) is 2.58. The maximum atomic E-state index is 11.5. The van der Waals surface area contributed by atoms with E-state index in [9.17, 15) is 4.79 Å². The summed E-state index contributed by atoms with van der Waals surface area (Å²) in [5, 5.41) is 0. The van der Waals surface area contributed by atoms with Crippen molar-refractivity contribution in [3.8, 4) is 0 Å². The van der Waals surface area contributed by atoms with Crippen molar-refractivity contribution in [2.24, 2.45) is 0 Å². The second-order valence-corrected chi connectivity index (χ2v) is 4.92. The Balaban J connectivity index is 2.61. The van der Waals surface area contributed by atoms with Gasteiger partial charge in [-0.25, -0.2) is 6.55 Å². The zero-order valence-corrected chi connectivity index (χ0v) is 9.82. The van der Waals surface area contributed by atoms with Crippen LogP contribution in [-0.2, 0) is 9.53 Å². The predicted molar refractivity (Wildman–Crippen MR) is 57.6 cm³/mol. The first-order valence-electron chi connectivity index (χ1n) is 4.82. The lowest BCUT2D eigenvalue weighted by molar-refractivity contribution is -0.127. The molecule has 4 heteroatoms. The highest BCUT2D eigenvalue weighted by Crippen LogP contribution is 2.27. The summed E-state index contributed by atoms with van der Waals surface area (Å²) < 4.78 is 5.12. The van der Waals surface area contributed by atoms with Gasteiger partial charge < -0.3 is 19.2 Å². The monoisotopic (exact) mass is 211 g/mol. The Morgan fingerprint density at radius 2 is 2.50 bits per heavy atom. The number of hydrogen-bond donors (Lipinski definition) is 0. The van der Waals surface area contributed by atoms with Crippen molar-refractivity contribution < 1.29 is 9.53 Å². The van der Waals surface area contributed by atoms with Gasteiger partial charge in [0.15, 0.2) is 0 Å². The third kappa shape index (κ3) is 2.45. The fourth-order valence-electron chi connectivity index (χ4n) is 1.86. The van der Waals surface area contributed by atoms with Crippen molar-refractivity contribution in [1.29, 1.82) is 0 Å². The number of rotatable bonds is 4. The molecule has 1 fully saturated rings. The fourth-order valence-corrected chi connectivity index (χ4v) is 2.75. The minimum atomic E-state index is 0.0350. The summed E-state index contributed by atoms with van der Waals surface area (Å²) in [4.78, 5) is 13.4. The summed E-state index contributed by atoms with van der Waals surface area (Å²) in [6.45, 7) is 7.22. The number of methoxy groups -OCH3 is 1. The lowest BCUT2D eigenvalue weighted by Crippen LogP contribution is -2.37. The van der Waals surface area contributed by atoms with Gasteiger partial charge in [-0.3, -0.25) is 4.79 Å². The molecule has 0 spiro atoms. The molecule has 1 unspecified atom stereocenters. The molecular weight excluding hydrogens is 194 g/mol. The fraction of sp³-hybridized carbons (Fsp3) is 0.700. The summed E-state index contributed by atoms with van der Waals surface area (Å²) >= 11 is 0. The van der Waals surface area contributed by atoms with E-state index >= 15 is 0 Å². The van der Waals surface area contributed by atoms with Gasteiger partial charge in [-0.15, -0.1) is 0 Å². The van der Waals surface area contributed by atoms with Crippen LogP contribution in [0.5, 0.6) is 0 Å². The topological polar surface area (TPSA) is 29.5 Å². The minimum absolute atomic E-state index is 0.0350. The summed E-state index contributed by atoms with van der Waals surface area (Å²) in [6.07, 6.45) is 2.46. The molecule has 0 aromatic carbocycles. The first-order valence-corrected chi connectivity index (χ1v) is 6.40. The molecule has 1 aliphatic heterocycles. The summed E-state index contributed by atoms with van der Waals surface area (Å²) in [5.41, 5.74) is 0.652. The van der Waals surface area contributed by atoms with Gasteiger partial charge in [-0.1, -0.05) is 13.0 Å². The maximum Gasteiger partial charge on any atom is 0.246 e. The maximum absolute atomic E-state index is 11.5. The highest BCUT2D eigenvalue weighted by Gasteiger charge is 2.28. The van der Waals surface area contributed by atoms with Crippen LogP contribution in [0.3, 0.4) is 0 Å². The van der Waals surface area contributed by atoms with E-state index in [4.69, 9.17) is 4.74 Å². The number of nitrogens with zero attached hydrogens (tertiary/aromatic N) is 1. The Hall–Kier alpha value is -0.613. The second-order valence-electron chi connectivity index (χ2n) is 3.53. The Labute approximate surface area is 87.9 Å². The van der Waals surface area contributed by atoms with E-state index in [0.717, 1.165) is 22.5 Å². The molecule has 2 atom stereocenters. The zero-order chi connectivity index (χ0) is 10.6. The average molecular weight is 211 g/mol. The smallest absolute Gasteiger partial charge is 0.246 e. The summed E-state index contributed by atoms with van der Waals surface area (Å²) in [5.74, 6) is 0.0350. The van der Waals surface area contributed by atoms with Gasteiger partial charge in [-0.2, -0.15) is 5.54 Å². The van der Waals surface area contributed by atoms with Crippen molar-refractivity contribution in [2.75, 3.05) is 20.3 Å². The lowest BCUT2D eigenvalue weighted by atomic mass is 10.2. The van der Waals surface area contributed by atoms with Crippen LogP contribution in [0.1, 0.15) is 6.42 Å². The predicted octanol–water partition coefficient (Wildman–Crippen LogP) is 0.960. The molecule has 0 N–H and O–H groups in total. The zero-order valence-electron chi connectivity index (χ0n) is 8.82. The first kappa shape index (κ1) is 11.5. The SMILES string of the molecule is C=CC(=O)N1CC([Si-]C)C[C@@H]1COC. The standard InChI is InChI=1S/C10H17NO2Si/c1-4-10(12)11-6-9(14-3)5-8(11)7-13-2/h4,8-9H,1,5-7H2,2-3H3/q-1/t8-,9?/m1/s1. The normalized spacial score (nSPS) is 26.6. The number of likely N-dealkylation sites (tertiary alicyclic amines) is 1. The van der Waals surface area contributed by atoms with Gasteiger partial charge in [0.2, 0.25) is 5.91 Å². The molecule has 79 valence electrons. The number of hydrogen-bond acceptors (Lipinski definition) is 2. The van der Waals surface area contributed by atoms with E-state index in [1.807, 2.05) is 4.90 Å². The highest BCUT2D eigenvalue weighted by molar-refractivity contribution is 6.36. The molecule has 14 heavy (non-hydrogen) atoms. The van der Waals surface area contributed by atoms with E-state index in [2.05, 4.69) is 13.1 Å². The quantitative estimate of drug-likeness (QED) is 0.512. The van der Waals surface area contributed by atoms with Crippen molar-refractivity contribution in [2.45, 2.75) is 24.6 Å². The lowest BCUT2D eigenvalue weighted by Gasteiger charge is -2.23. The Bertz CT molecular complexity index is 220. The van der Waals surface area contributed by atoms with E-state index in [-0.39, 0.29) is 11.9 Å². The molecule has 0 saturated carbocycles. The van der Waals surface area contributed by atoms with Crippen LogP contribution in [-0.4, -0.2) is 46.6 Å². The molecule has 1 aliphatic rings. The number of amides is 1. The minimum Gasteiger partial charge on any atom is -0.427 e. The molecule has 0 aliphatic carbocycles. The van der Waals surface area contributed by atoms with Gasteiger partial charge >= 0.3 is 0 Å². The molecule has 1 amide bonds. The number of ether oxygens (including phenoxy) is 1. The Morgan fingerprint density at radius 3 is 3.00 bits per heavy atom. The van der Waals surface area contributed by atoms with E-state index in [1.165, 1.54) is 6.08 Å². The van der Waals surface area contributed by atoms with Crippen LogP contribution in [0, 0.1) is 0 Å². The molecule has 1 saturated heterocycles. The second kappa shape index (κ2) is 5.31. The van der Waals surface area contributed by atoms with Crippen molar-refractivity contribution in [1.82, 2.24) is 4.90 Å². The molecule has 0 bridgehead atoms. The van der Waals surface area contributed by atoms with Crippen LogP contribution >= 0.6 is 0 Å². The number of carbonyl (C=O) groups excluding carboxylic acids is 1. The van der Waals surface area contributed by atoms with Crippen LogP contribution in [0.15, 0.2) is 12.7 Å². The van der Waals surface area contributed by atoms with Crippen molar-refractivity contribution >= 4 is 15.4 Å². The van der Waals surface area contributed by atoms with Gasteiger partial charge in [0, 0.05) is 7.11 Å². The Kier molecular flexibility index (Phi) is 4.35. The van der Waals surface area contributed by atoms with Crippen molar-refractivity contribution in [3.05, 3.63) is 12.7 Å². The van der Waals surface area contributed by atoms with E-state index < -0.39 is 0 Å². The number of carbonyl (C=O) groups is 1. The molecule has 0 aromatic rings. The first-order chi connectivity index (χ1) is 6.72. The highest BCUT2D eigenvalue weighted by atomic mass is 28.2. The van der Waals surface area contributed by atoms with Crippen molar-refractivity contribution in [3.63, 3.8) is 0 Å². The summed E-state index contributed by atoms with van der Waals surface area (Å²) in [6, 6.07) is 0.253. The van der Waals surface area contributed by atoms with Crippen LogP contribution in [0.4, 0.5) is 0 Å². The molecule has 3 nitrogen and oxygen atoms in total. The average Bonchev–Trinajstić information content (AvgIpc) is 2.61. The third-order valence-electron chi connectivity index (χ3n) is 2.64. The van der Waals surface area contributed by atoms with Crippen LogP contribution < -0.4 is 0 Å². The van der Waals surface area contributed by atoms with Gasteiger partial charge in [0.05, 0.1) is 12.6 Å². The van der Waals surface area contributed by atoms with Crippen LogP contribution in [0.25, 0.3) is 0 Å². The van der Waals surface area contributed by atoms with Gasteiger partial charge in [0.1, 0.15) is 0 Å². The van der Waals surface area contributed by atoms with E-state index in [0.29, 0.717) is 12.1 Å². The molecular formula is C10H17NO2Si-. The molecule has 1 radical (unpaired) electrons. The van der Waals surface area contributed by atoms with Crippen LogP contribution in [0.2, 0.25) is 12.1 Å². The van der Waals surface area contributed by atoms with Gasteiger partial charge in [-0.05, 0) is 12.6 Å². The molecule has 0 aromatic heterocycles. The largest absolute Gasteiger partial charge is 0.427 e. The van der Waals surface area contributed by atoms with E-state index in [1.54, 1.807) is 7.11 Å². The third-order valence-corrected chi connectivity index (χ3v) is 3.87. The molecule has 1 rings (SSSR count).